The van der Waals surface area contributed by atoms with E-state index >= 15 is 0 Å². The van der Waals surface area contributed by atoms with Crippen LogP contribution >= 0.6 is 0 Å². The molecule has 2 atom stereocenters. The maximum absolute atomic E-state index is 14.6. The van der Waals surface area contributed by atoms with Crippen LogP contribution in [0.3, 0.4) is 0 Å². The number of rotatable bonds is 7. The van der Waals surface area contributed by atoms with Gasteiger partial charge < -0.3 is 15.2 Å². The van der Waals surface area contributed by atoms with Crippen LogP contribution < -0.4 is 10.6 Å². The maximum Gasteiger partial charge on any atom is 0.411 e. The van der Waals surface area contributed by atoms with Crippen LogP contribution in [-0.2, 0) is 9.53 Å². The van der Waals surface area contributed by atoms with Gasteiger partial charge in [0.15, 0.2) is 0 Å². The Morgan fingerprint density at radius 1 is 0.943 bits per heavy atom. The SMILES string of the molecule is O=C(Nc1c(F)cccc1C(=O)NCC1CC1C(=O)O)OCC1c2ccccc2-c2ccccc21. The topological polar surface area (TPSA) is 105 Å². The van der Waals surface area contributed by atoms with Crippen molar-refractivity contribution in [2.75, 3.05) is 18.5 Å². The van der Waals surface area contributed by atoms with Gasteiger partial charge in [-0.05, 0) is 46.7 Å². The number of amides is 2. The lowest BCUT2D eigenvalue weighted by Gasteiger charge is -2.16. The van der Waals surface area contributed by atoms with Crippen LogP contribution in [-0.4, -0.2) is 36.2 Å². The van der Waals surface area contributed by atoms with Crippen LogP contribution in [0.25, 0.3) is 11.1 Å². The number of anilines is 1. The maximum atomic E-state index is 14.6. The Hall–Kier alpha value is -4.20. The van der Waals surface area contributed by atoms with Crippen molar-refractivity contribution in [2.45, 2.75) is 12.3 Å². The first-order chi connectivity index (χ1) is 16.9. The molecule has 3 aromatic rings. The van der Waals surface area contributed by atoms with E-state index in [0.29, 0.717) is 6.42 Å². The van der Waals surface area contributed by atoms with Crippen molar-refractivity contribution in [3.8, 4) is 11.1 Å². The molecule has 2 unspecified atom stereocenters. The number of nitrogens with one attached hydrogen (secondary N) is 2. The van der Waals surface area contributed by atoms with Gasteiger partial charge in [-0.3, -0.25) is 14.9 Å². The van der Waals surface area contributed by atoms with Crippen LogP contribution in [0.4, 0.5) is 14.9 Å². The zero-order valence-corrected chi connectivity index (χ0v) is 18.7. The third kappa shape index (κ3) is 4.47. The predicted molar refractivity (Wildman–Crippen MR) is 127 cm³/mol. The highest BCUT2D eigenvalue weighted by Gasteiger charge is 2.43. The summed E-state index contributed by atoms with van der Waals surface area (Å²) in [6.07, 6.45) is -0.386. The number of hydrogen-bond acceptors (Lipinski definition) is 4. The van der Waals surface area contributed by atoms with Gasteiger partial charge in [0.25, 0.3) is 5.91 Å². The van der Waals surface area contributed by atoms with E-state index in [2.05, 4.69) is 10.6 Å². The van der Waals surface area contributed by atoms with Crippen LogP contribution in [0.15, 0.2) is 66.7 Å². The fourth-order valence-electron chi connectivity index (χ4n) is 4.67. The van der Waals surface area contributed by atoms with Crippen LogP contribution in [0.1, 0.15) is 33.8 Å². The van der Waals surface area contributed by atoms with Crippen molar-refractivity contribution >= 4 is 23.7 Å². The molecular formula is C27H23FN2O5. The number of carboxylic acids is 1. The molecule has 8 heteroatoms. The first-order valence-electron chi connectivity index (χ1n) is 11.4. The Morgan fingerprint density at radius 3 is 2.23 bits per heavy atom. The van der Waals surface area contributed by atoms with Gasteiger partial charge in [0.1, 0.15) is 12.4 Å². The molecule has 3 aromatic carbocycles. The van der Waals surface area contributed by atoms with Crippen molar-refractivity contribution < 1.29 is 28.6 Å². The van der Waals surface area contributed by atoms with Crippen molar-refractivity contribution in [2.24, 2.45) is 11.8 Å². The highest BCUT2D eigenvalue weighted by Crippen LogP contribution is 2.44. The molecule has 2 aliphatic carbocycles. The summed E-state index contributed by atoms with van der Waals surface area (Å²) in [5.74, 6) is -3.05. The molecule has 2 aliphatic rings. The van der Waals surface area contributed by atoms with Crippen molar-refractivity contribution in [1.29, 1.82) is 0 Å². The molecule has 0 saturated heterocycles. The Labute approximate surface area is 200 Å². The van der Waals surface area contributed by atoms with Crippen molar-refractivity contribution in [3.05, 3.63) is 89.2 Å². The number of carbonyl (C=O) groups is 3. The highest BCUT2D eigenvalue weighted by atomic mass is 19.1. The molecule has 0 bridgehead atoms. The quantitative estimate of drug-likeness (QED) is 0.463. The van der Waals surface area contributed by atoms with E-state index in [4.69, 9.17) is 9.84 Å². The predicted octanol–water partition coefficient (Wildman–Crippen LogP) is 4.64. The third-order valence-electron chi connectivity index (χ3n) is 6.59. The average Bonchev–Trinajstić information content (AvgIpc) is 3.58. The second kappa shape index (κ2) is 9.21. The van der Waals surface area contributed by atoms with E-state index in [1.54, 1.807) is 0 Å². The molecule has 1 saturated carbocycles. The molecule has 0 aromatic heterocycles. The smallest absolute Gasteiger partial charge is 0.411 e. The minimum absolute atomic E-state index is 0.0497. The lowest BCUT2D eigenvalue weighted by molar-refractivity contribution is -0.138. The number of benzene rings is 3. The molecule has 0 radical (unpaired) electrons. The molecule has 178 valence electrons. The van der Waals surface area contributed by atoms with Gasteiger partial charge >= 0.3 is 12.1 Å². The Morgan fingerprint density at radius 2 is 1.60 bits per heavy atom. The van der Waals surface area contributed by atoms with Crippen LogP contribution in [0, 0.1) is 17.7 Å². The summed E-state index contributed by atoms with van der Waals surface area (Å²) in [6, 6.07) is 19.7. The first kappa shape index (κ1) is 22.6. The summed E-state index contributed by atoms with van der Waals surface area (Å²) in [7, 11) is 0. The van der Waals surface area contributed by atoms with E-state index in [0.717, 1.165) is 28.3 Å². The van der Waals surface area contributed by atoms with E-state index < -0.39 is 29.7 Å². The molecule has 1 fully saturated rings. The minimum Gasteiger partial charge on any atom is -0.481 e. The molecule has 3 N–H and O–H groups in total. The minimum atomic E-state index is -0.896. The molecule has 0 heterocycles. The van der Waals surface area contributed by atoms with Gasteiger partial charge in [-0.1, -0.05) is 54.6 Å². The van der Waals surface area contributed by atoms with Crippen LogP contribution in [0.2, 0.25) is 0 Å². The second-order valence-corrected chi connectivity index (χ2v) is 8.76. The molecule has 2 amide bonds. The Kier molecular flexibility index (Phi) is 5.94. The lowest BCUT2D eigenvalue weighted by atomic mass is 9.98. The van der Waals surface area contributed by atoms with Gasteiger partial charge in [0.05, 0.1) is 17.2 Å². The summed E-state index contributed by atoms with van der Waals surface area (Å²) < 4.78 is 20.0. The third-order valence-corrected chi connectivity index (χ3v) is 6.59. The summed E-state index contributed by atoms with van der Waals surface area (Å²) in [6.45, 7) is 0.213. The van der Waals surface area contributed by atoms with Gasteiger partial charge in [-0.15, -0.1) is 0 Å². The fourth-order valence-corrected chi connectivity index (χ4v) is 4.67. The van der Waals surface area contributed by atoms with Gasteiger partial charge in [0, 0.05) is 12.5 Å². The van der Waals surface area contributed by atoms with Gasteiger partial charge in [0.2, 0.25) is 0 Å². The fraction of sp³-hybridized carbons (Fsp3) is 0.222. The lowest BCUT2D eigenvalue weighted by Crippen LogP contribution is -2.28. The molecule has 0 aliphatic heterocycles. The summed E-state index contributed by atoms with van der Waals surface area (Å²) in [5, 5.41) is 14.0. The number of carboxylic acid groups (broad SMARTS) is 1. The van der Waals surface area contributed by atoms with Gasteiger partial charge in [-0.25, -0.2) is 9.18 Å². The van der Waals surface area contributed by atoms with E-state index in [-0.39, 0.29) is 36.2 Å². The van der Waals surface area contributed by atoms with Gasteiger partial charge in [-0.2, -0.15) is 0 Å². The number of aliphatic carboxylic acids is 1. The summed E-state index contributed by atoms with van der Waals surface area (Å²) in [5.41, 5.74) is 3.93. The standard InChI is InChI=1S/C27H23FN2O5/c28-23-11-5-10-20(25(31)29-13-15-12-21(15)26(32)33)24(23)30-27(34)35-14-22-18-8-3-1-6-16(18)17-7-2-4-9-19(17)22/h1-11,15,21-22H,12-14H2,(H,29,31)(H,30,34)(H,32,33). The van der Waals surface area contributed by atoms with E-state index in [1.807, 2.05) is 48.5 Å². The number of halogens is 1. The first-order valence-corrected chi connectivity index (χ1v) is 11.4. The Bertz CT molecular complexity index is 1280. The second-order valence-electron chi connectivity index (χ2n) is 8.76. The number of hydrogen-bond donors (Lipinski definition) is 3. The number of ether oxygens (including phenoxy) is 1. The monoisotopic (exact) mass is 474 g/mol. The van der Waals surface area contributed by atoms with Crippen molar-refractivity contribution in [3.63, 3.8) is 0 Å². The molecule has 5 rings (SSSR count). The van der Waals surface area contributed by atoms with Crippen LogP contribution in [0.5, 0.6) is 0 Å². The normalized spacial score (nSPS) is 17.7. The Balaban J connectivity index is 1.25. The summed E-state index contributed by atoms with van der Waals surface area (Å²) >= 11 is 0. The van der Waals surface area contributed by atoms with E-state index in [9.17, 15) is 18.8 Å². The average molecular weight is 474 g/mol. The number of carbonyl (C=O) groups excluding carboxylic acids is 2. The number of para-hydroxylation sites is 1. The molecule has 0 spiro atoms. The zero-order valence-electron chi connectivity index (χ0n) is 18.7. The van der Waals surface area contributed by atoms with Crippen molar-refractivity contribution in [1.82, 2.24) is 5.32 Å². The van der Waals surface area contributed by atoms with E-state index in [1.165, 1.54) is 12.1 Å². The molecule has 7 nitrogen and oxygen atoms in total. The summed E-state index contributed by atoms with van der Waals surface area (Å²) in [4.78, 5) is 36.2. The number of fused-ring (bicyclic) bond motifs is 3. The molecule has 35 heavy (non-hydrogen) atoms. The highest BCUT2D eigenvalue weighted by molar-refractivity contribution is 6.02. The largest absolute Gasteiger partial charge is 0.481 e. The zero-order chi connectivity index (χ0) is 24.5. The molecular weight excluding hydrogens is 451 g/mol.